The maximum absolute atomic E-state index is 12.3. The standard InChI is InChI=1S/C14H14N2O2/c17-13-10-5-1-2-6-11(10)14(18)12-7-3-4-8-15(12)9-16(13)14/h1-3,5-7,12,18H,4,8-9H2. The molecule has 1 aromatic rings. The normalized spacial score (nSPS) is 33.5. The first-order valence-corrected chi connectivity index (χ1v) is 6.27. The van der Waals surface area contributed by atoms with Gasteiger partial charge in [0.1, 0.15) is 0 Å². The van der Waals surface area contributed by atoms with Gasteiger partial charge in [-0.2, -0.15) is 0 Å². The van der Waals surface area contributed by atoms with Crippen molar-refractivity contribution in [3.63, 3.8) is 0 Å². The number of fused-ring (bicyclic) bond motifs is 5. The number of carbonyl (C=O) groups is 1. The molecule has 4 heteroatoms. The molecule has 18 heavy (non-hydrogen) atoms. The van der Waals surface area contributed by atoms with Crippen LogP contribution in [-0.4, -0.2) is 40.1 Å². The summed E-state index contributed by atoms with van der Waals surface area (Å²) in [6, 6.07) is 7.27. The topological polar surface area (TPSA) is 43.8 Å². The van der Waals surface area contributed by atoms with Crippen molar-refractivity contribution in [3.05, 3.63) is 47.5 Å². The van der Waals surface area contributed by atoms with Crippen molar-refractivity contribution < 1.29 is 9.90 Å². The zero-order valence-corrected chi connectivity index (χ0v) is 9.91. The summed E-state index contributed by atoms with van der Waals surface area (Å²) in [4.78, 5) is 16.1. The van der Waals surface area contributed by atoms with Gasteiger partial charge in [0.2, 0.25) is 0 Å². The average molecular weight is 242 g/mol. The zero-order chi connectivity index (χ0) is 12.3. The third-order valence-corrected chi connectivity index (χ3v) is 4.24. The molecule has 0 spiro atoms. The summed E-state index contributed by atoms with van der Waals surface area (Å²) in [5, 5.41) is 11.1. The Morgan fingerprint density at radius 3 is 3.06 bits per heavy atom. The minimum absolute atomic E-state index is 0.0594. The number of hydrogen-bond donors (Lipinski definition) is 1. The first-order valence-electron chi connectivity index (χ1n) is 6.27. The van der Waals surface area contributed by atoms with Crippen molar-refractivity contribution in [1.29, 1.82) is 0 Å². The van der Waals surface area contributed by atoms with Crippen molar-refractivity contribution in [2.45, 2.75) is 18.2 Å². The predicted octanol–water partition coefficient (Wildman–Crippen LogP) is 0.889. The van der Waals surface area contributed by atoms with E-state index in [1.807, 2.05) is 24.3 Å². The number of rotatable bonds is 0. The summed E-state index contributed by atoms with van der Waals surface area (Å²) in [7, 11) is 0. The Bertz CT molecular complexity index is 569. The Morgan fingerprint density at radius 2 is 2.17 bits per heavy atom. The Labute approximate surface area is 105 Å². The Morgan fingerprint density at radius 1 is 1.33 bits per heavy atom. The number of aliphatic hydroxyl groups is 1. The van der Waals surface area contributed by atoms with Crippen LogP contribution in [0.4, 0.5) is 0 Å². The van der Waals surface area contributed by atoms with Crippen molar-refractivity contribution in [3.8, 4) is 0 Å². The van der Waals surface area contributed by atoms with E-state index in [4.69, 9.17) is 0 Å². The van der Waals surface area contributed by atoms with E-state index in [0.717, 1.165) is 18.5 Å². The van der Waals surface area contributed by atoms with Gasteiger partial charge in [0.25, 0.3) is 5.91 Å². The van der Waals surface area contributed by atoms with Gasteiger partial charge in [0.15, 0.2) is 5.72 Å². The molecule has 0 bridgehead atoms. The fraction of sp³-hybridized carbons (Fsp3) is 0.357. The van der Waals surface area contributed by atoms with E-state index in [-0.39, 0.29) is 11.9 Å². The van der Waals surface area contributed by atoms with Crippen molar-refractivity contribution in [2.75, 3.05) is 13.2 Å². The van der Waals surface area contributed by atoms with Gasteiger partial charge in [-0.05, 0) is 12.5 Å². The monoisotopic (exact) mass is 242 g/mol. The highest BCUT2D eigenvalue weighted by Crippen LogP contribution is 2.46. The van der Waals surface area contributed by atoms with E-state index >= 15 is 0 Å². The van der Waals surface area contributed by atoms with E-state index < -0.39 is 5.72 Å². The van der Waals surface area contributed by atoms with Gasteiger partial charge in [-0.1, -0.05) is 30.4 Å². The Hall–Kier alpha value is -1.65. The van der Waals surface area contributed by atoms with Gasteiger partial charge in [-0.15, -0.1) is 0 Å². The average Bonchev–Trinajstić information content (AvgIpc) is 2.83. The molecule has 3 aliphatic rings. The lowest BCUT2D eigenvalue weighted by molar-refractivity contribution is -0.0649. The second kappa shape index (κ2) is 3.22. The fourth-order valence-electron chi connectivity index (χ4n) is 3.38. The van der Waals surface area contributed by atoms with Gasteiger partial charge >= 0.3 is 0 Å². The lowest BCUT2D eigenvalue weighted by Crippen LogP contribution is -2.46. The maximum Gasteiger partial charge on any atom is 0.257 e. The molecular weight excluding hydrogens is 228 g/mol. The minimum Gasteiger partial charge on any atom is -0.365 e. The zero-order valence-electron chi connectivity index (χ0n) is 9.91. The highest BCUT2D eigenvalue weighted by molar-refractivity contribution is 6.00. The third-order valence-electron chi connectivity index (χ3n) is 4.24. The Balaban J connectivity index is 1.94. The van der Waals surface area contributed by atoms with Crippen LogP contribution in [0.15, 0.2) is 36.4 Å². The molecule has 1 amide bonds. The lowest BCUT2D eigenvalue weighted by atomic mass is 9.93. The number of carbonyl (C=O) groups excluding carboxylic acids is 1. The summed E-state index contributed by atoms with van der Waals surface area (Å²) < 4.78 is 0. The first kappa shape index (κ1) is 10.3. The largest absolute Gasteiger partial charge is 0.365 e. The summed E-state index contributed by atoms with van der Waals surface area (Å²) in [6.45, 7) is 1.41. The molecule has 3 aliphatic heterocycles. The van der Waals surface area contributed by atoms with E-state index in [2.05, 4.69) is 11.0 Å². The van der Waals surface area contributed by atoms with Crippen LogP contribution in [0.2, 0.25) is 0 Å². The molecule has 92 valence electrons. The number of hydrogen-bond acceptors (Lipinski definition) is 3. The van der Waals surface area contributed by atoms with Gasteiger partial charge in [-0.3, -0.25) is 14.6 Å². The molecule has 1 saturated heterocycles. The van der Waals surface area contributed by atoms with Gasteiger partial charge < -0.3 is 5.11 Å². The lowest BCUT2D eigenvalue weighted by Gasteiger charge is -2.32. The molecule has 2 unspecified atom stereocenters. The van der Waals surface area contributed by atoms with E-state index in [9.17, 15) is 9.90 Å². The van der Waals surface area contributed by atoms with E-state index in [1.165, 1.54) is 0 Å². The molecule has 1 N–H and O–H groups in total. The quantitative estimate of drug-likeness (QED) is 0.687. The summed E-state index contributed by atoms with van der Waals surface area (Å²) in [6.07, 6.45) is 5.10. The van der Waals surface area contributed by atoms with Crippen LogP contribution in [0.25, 0.3) is 0 Å². The molecule has 4 rings (SSSR count). The smallest absolute Gasteiger partial charge is 0.257 e. The molecule has 0 aliphatic carbocycles. The molecule has 0 saturated carbocycles. The predicted molar refractivity (Wildman–Crippen MR) is 65.6 cm³/mol. The number of benzene rings is 1. The molecular formula is C14H14N2O2. The Kier molecular flexibility index (Phi) is 1.84. The van der Waals surface area contributed by atoms with Crippen LogP contribution in [-0.2, 0) is 5.72 Å². The van der Waals surface area contributed by atoms with Gasteiger partial charge in [-0.25, -0.2) is 0 Å². The van der Waals surface area contributed by atoms with Crippen LogP contribution in [0.5, 0.6) is 0 Å². The summed E-state index contributed by atoms with van der Waals surface area (Å²) in [5.74, 6) is -0.0594. The van der Waals surface area contributed by atoms with E-state index in [0.29, 0.717) is 12.2 Å². The number of amides is 1. The molecule has 0 radical (unpaired) electrons. The highest BCUT2D eigenvalue weighted by Gasteiger charge is 2.59. The van der Waals surface area contributed by atoms with Gasteiger partial charge in [0.05, 0.1) is 12.7 Å². The molecule has 2 atom stereocenters. The molecule has 0 aromatic heterocycles. The number of nitrogens with zero attached hydrogens (tertiary/aromatic N) is 2. The van der Waals surface area contributed by atoms with Crippen LogP contribution in [0.3, 0.4) is 0 Å². The van der Waals surface area contributed by atoms with Gasteiger partial charge in [0, 0.05) is 17.7 Å². The summed E-state index contributed by atoms with van der Waals surface area (Å²) >= 11 is 0. The van der Waals surface area contributed by atoms with Crippen LogP contribution < -0.4 is 0 Å². The van der Waals surface area contributed by atoms with Crippen LogP contribution in [0, 0.1) is 0 Å². The first-order chi connectivity index (χ1) is 8.73. The van der Waals surface area contributed by atoms with Crippen molar-refractivity contribution in [1.82, 2.24) is 9.80 Å². The van der Waals surface area contributed by atoms with E-state index in [1.54, 1.807) is 11.0 Å². The van der Waals surface area contributed by atoms with Crippen LogP contribution >= 0.6 is 0 Å². The van der Waals surface area contributed by atoms with Crippen molar-refractivity contribution >= 4 is 5.91 Å². The highest BCUT2D eigenvalue weighted by atomic mass is 16.3. The van der Waals surface area contributed by atoms with Crippen LogP contribution in [0.1, 0.15) is 22.3 Å². The SMILES string of the molecule is O=C1c2ccccc2C2(O)C3C=CCCN3CN12. The van der Waals surface area contributed by atoms with Crippen molar-refractivity contribution in [2.24, 2.45) is 0 Å². The summed E-state index contributed by atoms with van der Waals surface area (Å²) in [5.41, 5.74) is 0.206. The molecule has 1 aromatic carbocycles. The third kappa shape index (κ3) is 1.01. The second-order valence-corrected chi connectivity index (χ2v) is 5.12. The maximum atomic E-state index is 12.3. The minimum atomic E-state index is -1.18. The molecule has 1 fully saturated rings. The molecule has 3 heterocycles. The second-order valence-electron chi connectivity index (χ2n) is 5.12. The molecule has 4 nitrogen and oxygen atoms in total. The fourth-order valence-corrected chi connectivity index (χ4v) is 3.38.